The summed E-state index contributed by atoms with van der Waals surface area (Å²) >= 11 is 0. The van der Waals surface area contributed by atoms with Crippen LogP contribution in [-0.2, 0) is 17.6 Å². The van der Waals surface area contributed by atoms with Gasteiger partial charge < -0.3 is 10.1 Å². The van der Waals surface area contributed by atoms with Gasteiger partial charge in [0.25, 0.3) is 6.47 Å². The predicted octanol–water partition coefficient (Wildman–Crippen LogP) is 1.59. The summed E-state index contributed by atoms with van der Waals surface area (Å²) in [7, 11) is 0. The van der Waals surface area contributed by atoms with Crippen LogP contribution < -0.4 is 10.1 Å². The summed E-state index contributed by atoms with van der Waals surface area (Å²) in [5.41, 5.74) is 2.75. The van der Waals surface area contributed by atoms with Crippen LogP contribution in [0.5, 0.6) is 5.75 Å². The number of carbonyl (C=O) groups excluding carboxylic acids is 1. The summed E-state index contributed by atoms with van der Waals surface area (Å²) < 4.78 is 4.65. The van der Waals surface area contributed by atoms with Crippen molar-refractivity contribution in [3.05, 3.63) is 47.8 Å². The first kappa shape index (κ1) is 11.6. The van der Waals surface area contributed by atoms with Crippen LogP contribution in [-0.4, -0.2) is 22.5 Å². The van der Waals surface area contributed by atoms with Gasteiger partial charge in [-0.3, -0.25) is 4.79 Å². The Morgan fingerprint density at radius 3 is 2.37 bits per heavy atom. The number of hydrogen-bond acceptors (Lipinski definition) is 5. The van der Waals surface area contributed by atoms with Gasteiger partial charge in [-0.1, -0.05) is 24.3 Å². The lowest BCUT2D eigenvalue weighted by molar-refractivity contribution is -0.120. The Kier molecular flexibility index (Phi) is 3.10. The first-order valence-corrected chi connectivity index (χ1v) is 6.11. The van der Waals surface area contributed by atoms with Gasteiger partial charge in [-0.05, 0) is 24.0 Å². The minimum atomic E-state index is 0.315. The summed E-state index contributed by atoms with van der Waals surface area (Å²) in [6, 6.07) is 8.74. The Bertz CT molecular complexity index is 558. The van der Waals surface area contributed by atoms with Crippen molar-refractivity contribution in [1.82, 2.24) is 9.97 Å². The van der Waals surface area contributed by atoms with Crippen molar-refractivity contribution in [2.75, 3.05) is 5.32 Å². The Labute approximate surface area is 110 Å². The van der Waals surface area contributed by atoms with Crippen molar-refractivity contribution in [3.8, 4) is 5.75 Å². The Hall–Kier alpha value is -2.43. The normalized spacial score (nSPS) is 13.9. The smallest absolute Gasteiger partial charge is 0.298 e. The number of fused-ring (bicyclic) bond motifs is 1. The molecule has 3 rings (SSSR count). The van der Waals surface area contributed by atoms with E-state index in [1.807, 2.05) is 0 Å². The molecule has 19 heavy (non-hydrogen) atoms. The van der Waals surface area contributed by atoms with Crippen LogP contribution in [0.1, 0.15) is 11.1 Å². The molecular formula is C14H13N3O2. The fourth-order valence-electron chi connectivity index (χ4n) is 2.35. The maximum atomic E-state index is 10.2. The second-order valence-electron chi connectivity index (χ2n) is 4.47. The van der Waals surface area contributed by atoms with E-state index < -0.39 is 0 Å². The van der Waals surface area contributed by atoms with Crippen molar-refractivity contribution >= 4 is 12.4 Å². The van der Waals surface area contributed by atoms with Gasteiger partial charge in [0.05, 0.1) is 12.4 Å². The van der Waals surface area contributed by atoms with E-state index >= 15 is 0 Å². The van der Waals surface area contributed by atoms with Gasteiger partial charge in [0, 0.05) is 6.04 Å². The highest BCUT2D eigenvalue weighted by Crippen LogP contribution is 2.23. The molecule has 0 atom stereocenters. The molecular weight excluding hydrogens is 242 g/mol. The van der Waals surface area contributed by atoms with Gasteiger partial charge in [-0.15, -0.1) is 0 Å². The van der Waals surface area contributed by atoms with Gasteiger partial charge in [-0.2, -0.15) is 0 Å². The highest BCUT2D eigenvalue weighted by molar-refractivity contribution is 5.44. The lowest BCUT2D eigenvalue weighted by atomic mass is 10.1. The second kappa shape index (κ2) is 5.06. The molecule has 1 aliphatic rings. The number of anilines is 1. The van der Waals surface area contributed by atoms with E-state index in [-0.39, 0.29) is 0 Å². The molecule has 1 aromatic carbocycles. The fraction of sp³-hybridized carbons (Fsp3) is 0.214. The molecule has 0 aliphatic heterocycles. The van der Waals surface area contributed by atoms with Crippen LogP contribution in [0.25, 0.3) is 0 Å². The number of hydrogen-bond donors (Lipinski definition) is 1. The van der Waals surface area contributed by atoms with Crippen molar-refractivity contribution in [3.63, 3.8) is 0 Å². The zero-order valence-corrected chi connectivity index (χ0v) is 10.2. The van der Waals surface area contributed by atoms with E-state index in [0.717, 1.165) is 12.8 Å². The molecule has 0 spiro atoms. The van der Waals surface area contributed by atoms with E-state index in [1.165, 1.54) is 23.5 Å². The molecule has 5 heteroatoms. The molecule has 5 nitrogen and oxygen atoms in total. The second-order valence-corrected chi connectivity index (χ2v) is 4.47. The van der Waals surface area contributed by atoms with E-state index in [4.69, 9.17) is 0 Å². The van der Waals surface area contributed by atoms with E-state index in [0.29, 0.717) is 24.2 Å². The Balaban J connectivity index is 1.65. The minimum Gasteiger partial charge on any atom is -0.425 e. The zero-order valence-electron chi connectivity index (χ0n) is 10.2. The number of ether oxygens (including phenoxy) is 1. The molecule has 0 fully saturated rings. The van der Waals surface area contributed by atoms with Crippen LogP contribution in [0, 0.1) is 0 Å². The lowest BCUT2D eigenvalue weighted by Crippen LogP contribution is -2.20. The third-order valence-corrected chi connectivity index (χ3v) is 3.20. The van der Waals surface area contributed by atoms with Gasteiger partial charge >= 0.3 is 0 Å². The number of rotatable bonds is 4. The van der Waals surface area contributed by atoms with Crippen molar-refractivity contribution in [2.45, 2.75) is 18.9 Å². The van der Waals surface area contributed by atoms with Crippen LogP contribution in [0.4, 0.5) is 5.95 Å². The molecule has 0 saturated heterocycles. The first-order chi connectivity index (χ1) is 9.35. The van der Waals surface area contributed by atoms with Crippen LogP contribution >= 0.6 is 0 Å². The number of nitrogens with zero attached hydrogens (tertiary/aromatic N) is 2. The number of aromatic nitrogens is 2. The van der Waals surface area contributed by atoms with E-state index in [1.54, 1.807) is 0 Å². The molecule has 0 radical (unpaired) electrons. The standard InChI is InChI=1S/C14H13N3O2/c18-9-19-13-7-15-14(16-8-13)17-12-5-10-3-1-2-4-11(10)6-12/h1-4,7-9,12H,5-6H2,(H,15,16,17). The highest BCUT2D eigenvalue weighted by atomic mass is 16.5. The van der Waals surface area contributed by atoms with Crippen molar-refractivity contribution < 1.29 is 9.53 Å². The molecule has 1 aromatic heterocycles. The molecule has 1 heterocycles. The fourth-order valence-corrected chi connectivity index (χ4v) is 2.35. The quantitative estimate of drug-likeness (QED) is 0.840. The van der Waals surface area contributed by atoms with Crippen LogP contribution in [0.2, 0.25) is 0 Å². The van der Waals surface area contributed by atoms with Crippen LogP contribution in [0.3, 0.4) is 0 Å². The number of carbonyl (C=O) groups is 1. The molecule has 0 amide bonds. The highest BCUT2D eigenvalue weighted by Gasteiger charge is 2.21. The topological polar surface area (TPSA) is 64.1 Å². The number of nitrogens with one attached hydrogen (secondary N) is 1. The molecule has 0 unspecified atom stereocenters. The summed E-state index contributed by atoms with van der Waals surface area (Å²) in [4.78, 5) is 18.4. The third-order valence-electron chi connectivity index (χ3n) is 3.20. The first-order valence-electron chi connectivity index (χ1n) is 6.11. The predicted molar refractivity (Wildman–Crippen MR) is 70.0 cm³/mol. The lowest BCUT2D eigenvalue weighted by Gasteiger charge is -2.11. The molecule has 96 valence electrons. The summed E-state index contributed by atoms with van der Waals surface area (Å²) in [5, 5.41) is 3.29. The molecule has 1 aliphatic carbocycles. The van der Waals surface area contributed by atoms with Crippen molar-refractivity contribution in [1.29, 1.82) is 0 Å². The van der Waals surface area contributed by atoms with Gasteiger partial charge in [0.2, 0.25) is 5.95 Å². The average Bonchev–Trinajstić information content (AvgIpc) is 2.83. The van der Waals surface area contributed by atoms with Gasteiger partial charge in [-0.25, -0.2) is 9.97 Å². The van der Waals surface area contributed by atoms with Gasteiger partial charge in [0.1, 0.15) is 0 Å². The average molecular weight is 255 g/mol. The summed E-state index contributed by atoms with van der Waals surface area (Å²) in [6.07, 6.45) is 4.91. The molecule has 1 N–H and O–H groups in total. The third kappa shape index (κ3) is 2.54. The Morgan fingerprint density at radius 2 is 1.79 bits per heavy atom. The Morgan fingerprint density at radius 1 is 1.16 bits per heavy atom. The molecule has 0 saturated carbocycles. The number of benzene rings is 1. The maximum absolute atomic E-state index is 10.2. The largest absolute Gasteiger partial charge is 0.425 e. The molecule has 0 bridgehead atoms. The van der Waals surface area contributed by atoms with Crippen LogP contribution in [0.15, 0.2) is 36.7 Å². The maximum Gasteiger partial charge on any atom is 0.298 e. The minimum absolute atomic E-state index is 0.315. The van der Waals surface area contributed by atoms with E-state index in [9.17, 15) is 4.79 Å². The van der Waals surface area contributed by atoms with Crippen molar-refractivity contribution in [2.24, 2.45) is 0 Å². The molecule has 2 aromatic rings. The zero-order chi connectivity index (χ0) is 13.1. The SMILES string of the molecule is O=COc1cnc(NC2Cc3ccccc3C2)nc1. The van der Waals surface area contributed by atoms with Gasteiger partial charge in [0.15, 0.2) is 5.75 Å². The van der Waals surface area contributed by atoms with E-state index in [2.05, 4.69) is 44.3 Å². The monoisotopic (exact) mass is 255 g/mol. The summed E-state index contributed by atoms with van der Waals surface area (Å²) in [5.74, 6) is 0.895. The summed E-state index contributed by atoms with van der Waals surface area (Å²) in [6.45, 7) is 0.361.